The van der Waals surface area contributed by atoms with Crippen molar-refractivity contribution in [2.75, 3.05) is 51.3 Å². The molecular formula is C24H30FN3O2. The van der Waals surface area contributed by atoms with E-state index in [4.69, 9.17) is 4.74 Å². The lowest BCUT2D eigenvalue weighted by atomic mass is 9.95. The molecule has 1 atom stereocenters. The van der Waals surface area contributed by atoms with Crippen LogP contribution in [0, 0.1) is 11.7 Å². The number of benzene rings is 2. The van der Waals surface area contributed by atoms with E-state index in [1.54, 1.807) is 13.2 Å². The molecule has 2 aromatic rings. The molecule has 0 bridgehead atoms. The first kappa shape index (κ1) is 20.7. The van der Waals surface area contributed by atoms with E-state index in [9.17, 15) is 9.18 Å². The number of anilines is 1. The predicted molar refractivity (Wildman–Crippen MR) is 116 cm³/mol. The summed E-state index contributed by atoms with van der Waals surface area (Å²) in [6.07, 6.45) is 1.89. The fourth-order valence-electron chi connectivity index (χ4n) is 4.59. The lowest BCUT2D eigenvalue weighted by Gasteiger charge is -2.40. The number of piperazine rings is 1. The van der Waals surface area contributed by atoms with Gasteiger partial charge in [0.1, 0.15) is 11.6 Å². The number of hydrogen-bond donors (Lipinski definition) is 0. The largest absolute Gasteiger partial charge is 0.495 e. The van der Waals surface area contributed by atoms with E-state index in [0.29, 0.717) is 18.7 Å². The Morgan fingerprint density at radius 3 is 2.53 bits per heavy atom. The molecule has 0 aromatic heterocycles. The van der Waals surface area contributed by atoms with Crippen LogP contribution in [-0.4, -0.2) is 62.1 Å². The number of amides is 1. The van der Waals surface area contributed by atoms with Crippen molar-refractivity contribution in [1.29, 1.82) is 0 Å². The van der Waals surface area contributed by atoms with Gasteiger partial charge in [-0.3, -0.25) is 9.69 Å². The smallest absolute Gasteiger partial charge is 0.227 e. The predicted octanol–water partition coefficient (Wildman–Crippen LogP) is 3.40. The first-order valence-corrected chi connectivity index (χ1v) is 10.8. The maximum absolute atomic E-state index is 14.0. The molecule has 0 saturated carbocycles. The summed E-state index contributed by atoms with van der Waals surface area (Å²) in [5.41, 5.74) is 1.79. The van der Waals surface area contributed by atoms with Gasteiger partial charge in [0.2, 0.25) is 5.91 Å². The summed E-state index contributed by atoms with van der Waals surface area (Å²) in [5.74, 6) is 0.947. The van der Waals surface area contributed by atoms with Crippen LogP contribution in [0.1, 0.15) is 18.4 Å². The van der Waals surface area contributed by atoms with Gasteiger partial charge >= 0.3 is 0 Å². The van der Waals surface area contributed by atoms with Crippen LogP contribution in [0.25, 0.3) is 0 Å². The molecule has 0 radical (unpaired) electrons. The maximum Gasteiger partial charge on any atom is 0.227 e. The second-order valence-corrected chi connectivity index (χ2v) is 8.15. The molecule has 2 aromatic carbocycles. The Hall–Kier alpha value is -2.60. The standard InChI is InChI=1S/C24H30FN3O2/c1-30-23-11-5-4-10-22(23)27-13-15-28(16-14-27)24(29)20-8-6-12-26(18-20)17-19-7-2-3-9-21(19)25/h2-5,7,9-11,20H,6,8,12-18H2,1H3. The molecule has 1 unspecified atom stereocenters. The number of halogens is 1. The van der Waals surface area contributed by atoms with Crippen LogP contribution in [-0.2, 0) is 11.3 Å². The molecular weight excluding hydrogens is 381 g/mol. The van der Waals surface area contributed by atoms with Crippen molar-refractivity contribution in [3.63, 3.8) is 0 Å². The Kier molecular flexibility index (Phi) is 6.53. The average molecular weight is 412 g/mol. The molecule has 0 N–H and O–H groups in total. The van der Waals surface area contributed by atoms with Crippen LogP contribution < -0.4 is 9.64 Å². The molecule has 30 heavy (non-hydrogen) atoms. The highest BCUT2D eigenvalue weighted by Gasteiger charge is 2.31. The Morgan fingerprint density at radius 2 is 1.77 bits per heavy atom. The zero-order valence-electron chi connectivity index (χ0n) is 17.6. The maximum atomic E-state index is 14.0. The van der Waals surface area contributed by atoms with E-state index >= 15 is 0 Å². The second-order valence-electron chi connectivity index (χ2n) is 8.15. The normalized spacial score (nSPS) is 20.3. The number of hydrogen-bond acceptors (Lipinski definition) is 4. The van der Waals surface area contributed by atoms with E-state index in [1.807, 2.05) is 35.2 Å². The van der Waals surface area contributed by atoms with E-state index in [-0.39, 0.29) is 17.6 Å². The van der Waals surface area contributed by atoms with Crippen LogP contribution in [0.3, 0.4) is 0 Å². The third kappa shape index (κ3) is 4.59. The summed E-state index contributed by atoms with van der Waals surface area (Å²) in [4.78, 5) is 19.7. The minimum Gasteiger partial charge on any atom is -0.495 e. The summed E-state index contributed by atoms with van der Waals surface area (Å²) in [7, 11) is 1.69. The third-order valence-electron chi connectivity index (χ3n) is 6.22. The number of carbonyl (C=O) groups is 1. The number of ether oxygens (including phenoxy) is 1. The molecule has 5 nitrogen and oxygen atoms in total. The second kappa shape index (κ2) is 9.47. The van der Waals surface area contributed by atoms with Crippen LogP contribution in [0.2, 0.25) is 0 Å². The number of carbonyl (C=O) groups excluding carboxylic acids is 1. The van der Waals surface area contributed by atoms with E-state index in [2.05, 4.69) is 15.9 Å². The van der Waals surface area contributed by atoms with Crippen LogP contribution >= 0.6 is 0 Å². The van der Waals surface area contributed by atoms with Gasteiger partial charge < -0.3 is 14.5 Å². The van der Waals surface area contributed by atoms with E-state index in [1.165, 1.54) is 6.07 Å². The van der Waals surface area contributed by atoms with Gasteiger partial charge in [0.25, 0.3) is 0 Å². The highest BCUT2D eigenvalue weighted by atomic mass is 19.1. The summed E-state index contributed by atoms with van der Waals surface area (Å²) in [6, 6.07) is 14.9. The van der Waals surface area contributed by atoms with Crippen molar-refractivity contribution in [2.45, 2.75) is 19.4 Å². The minimum atomic E-state index is -0.168. The summed E-state index contributed by atoms with van der Waals surface area (Å²) in [5, 5.41) is 0. The van der Waals surface area contributed by atoms with Crippen molar-refractivity contribution >= 4 is 11.6 Å². The molecule has 2 heterocycles. The van der Waals surface area contributed by atoms with Gasteiger partial charge in [0, 0.05) is 44.8 Å². The zero-order chi connectivity index (χ0) is 20.9. The molecule has 0 aliphatic carbocycles. The molecule has 2 aliphatic heterocycles. The minimum absolute atomic E-state index is 0.00309. The van der Waals surface area contributed by atoms with Crippen LogP contribution in [0.15, 0.2) is 48.5 Å². The van der Waals surface area contributed by atoms with Crippen molar-refractivity contribution in [1.82, 2.24) is 9.80 Å². The highest BCUT2D eigenvalue weighted by Crippen LogP contribution is 2.29. The molecule has 4 rings (SSSR count). The Morgan fingerprint density at radius 1 is 1.03 bits per heavy atom. The van der Waals surface area contributed by atoms with Gasteiger partial charge in [0.05, 0.1) is 18.7 Å². The van der Waals surface area contributed by atoms with Crippen LogP contribution in [0.5, 0.6) is 5.75 Å². The van der Waals surface area contributed by atoms with Crippen molar-refractivity contribution < 1.29 is 13.9 Å². The van der Waals surface area contributed by atoms with Crippen LogP contribution in [0.4, 0.5) is 10.1 Å². The first-order valence-electron chi connectivity index (χ1n) is 10.8. The van der Waals surface area contributed by atoms with Gasteiger partial charge in [-0.05, 0) is 37.6 Å². The lowest BCUT2D eigenvalue weighted by Crippen LogP contribution is -2.52. The zero-order valence-corrected chi connectivity index (χ0v) is 17.6. The first-order chi connectivity index (χ1) is 14.7. The quantitative estimate of drug-likeness (QED) is 0.756. The molecule has 2 aliphatic rings. The van der Waals surface area contributed by atoms with Crippen molar-refractivity contribution in [3.05, 3.63) is 59.9 Å². The molecule has 6 heteroatoms. The van der Waals surface area contributed by atoms with Gasteiger partial charge in [-0.2, -0.15) is 0 Å². The molecule has 2 fully saturated rings. The van der Waals surface area contributed by atoms with E-state index < -0.39 is 0 Å². The Labute approximate surface area is 178 Å². The number of piperidine rings is 1. The number of nitrogens with zero attached hydrogens (tertiary/aromatic N) is 3. The summed E-state index contributed by atoms with van der Waals surface area (Å²) >= 11 is 0. The van der Waals surface area contributed by atoms with Crippen molar-refractivity contribution in [2.24, 2.45) is 5.92 Å². The molecule has 1 amide bonds. The molecule has 2 saturated heterocycles. The number of methoxy groups -OCH3 is 1. The monoisotopic (exact) mass is 411 g/mol. The van der Waals surface area contributed by atoms with Gasteiger partial charge in [-0.25, -0.2) is 4.39 Å². The summed E-state index contributed by atoms with van der Waals surface area (Å²) in [6.45, 7) is 5.24. The Balaban J connectivity index is 1.33. The number of likely N-dealkylation sites (tertiary alicyclic amines) is 1. The van der Waals surface area contributed by atoms with Gasteiger partial charge in [0.15, 0.2) is 0 Å². The number of para-hydroxylation sites is 2. The SMILES string of the molecule is COc1ccccc1N1CCN(C(=O)C2CCCN(Cc3ccccc3F)C2)CC1. The average Bonchev–Trinajstić information content (AvgIpc) is 2.80. The topological polar surface area (TPSA) is 36.0 Å². The molecule has 160 valence electrons. The fourth-order valence-corrected chi connectivity index (χ4v) is 4.59. The van der Waals surface area contributed by atoms with Gasteiger partial charge in [-0.15, -0.1) is 0 Å². The fraction of sp³-hybridized carbons (Fsp3) is 0.458. The van der Waals surface area contributed by atoms with E-state index in [0.717, 1.165) is 57.0 Å². The van der Waals surface area contributed by atoms with Crippen molar-refractivity contribution in [3.8, 4) is 5.75 Å². The molecule has 0 spiro atoms. The third-order valence-corrected chi connectivity index (χ3v) is 6.22. The summed E-state index contributed by atoms with van der Waals surface area (Å²) < 4.78 is 19.5. The lowest BCUT2D eigenvalue weighted by molar-refractivity contribution is -0.137. The highest BCUT2D eigenvalue weighted by molar-refractivity contribution is 5.79. The number of rotatable bonds is 5. The van der Waals surface area contributed by atoms with Gasteiger partial charge in [-0.1, -0.05) is 30.3 Å². The Bertz CT molecular complexity index is 867.